The zero-order valence-corrected chi connectivity index (χ0v) is 3.30. The molecule has 0 saturated carbocycles. The summed E-state index contributed by atoms with van der Waals surface area (Å²) in [7, 11) is 0. The first-order valence-corrected chi connectivity index (χ1v) is 1.26. The minimum Gasteiger partial charge on any atom is -1.00 e. The number of rotatable bonds is 0. The van der Waals surface area contributed by atoms with Crippen LogP contribution in [0.1, 0.15) is 0 Å². The van der Waals surface area contributed by atoms with E-state index in [2.05, 4.69) is 6.58 Å². The second kappa shape index (κ2) is 2.60. The van der Waals surface area contributed by atoms with Gasteiger partial charge in [0.2, 0.25) is 0 Å². The molecule has 44 valence electrons. The molecule has 0 aromatic rings. The molecule has 0 aromatic heterocycles. The van der Waals surface area contributed by atoms with Gasteiger partial charge in [-0.25, -0.2) is 0 Å². The molecule has 4 heteroatoms. The fourth-order valence-electron chi connectivity index (χ4n) is 0. The fraction of sp³-hybridized carbons (Fsp3) is 0.333. The standard InChI is InChI=1S/C3H3F3.FH/c1-2-3(4,5)6;/h2H,1H2;1H/p-1. The minimum atomic E-state index is -4.19. The van der Waals surface area contributed by atoms with Gasteiger partial charge in [-0.05, 0) is 0 Å². The summed E-state index contributed by atoms with van der Waals surface area (Å²) >= 11 is 0. The maximum absolute atomic E-state index is 10.7. The number of hydrogen-bond donors (Lipinski definition) is 0. The first-order chi connectivity index (χ1) is 2.56. The summed E-state index contributed by atoms with van der Waals surface area (Å²) in [5.74, 6) is 0. The van der Waals surface area contributed by atoms with Crippen LogP contribution < -0.4 is 4.70 Å². The van der Waals surface area contributed by atoms with Gasteiger partial charge in [-0.3, -0.25) is 0 Å². The first-order valence-electron chi connectivity index (χ1n) is 1.26. The molecule has 0 saturated heterocycles. The van der Waals surface area contributed by atoms with Gasteiger partial charge >= 0.3 is 6.18 Å². The number of hydrogen-bond acceptors (Lipinski definition) is 0. The predicted octanol–water partition coefficient (Wildman–Crippen LogP) is -1.26. The average Bonchev–Trinajstić information content (AvgIpc) is 1.35. The lowest BCUT2D eigenvalue weighted by Crippen LogP contribution is -3.00. The van der Waals surface area contributed by atoms with E-state index in [0.717, 1.165) is 0 Å². The topological polar surface area (TPSA) is 0 Å². The molecule has 0 rings (SSSR count). The van der Waals surface area contributed by atoms with Gasteiger partial charge in [0.15, 0.2) is 0 Å². The zero-order valence-electron chi connectivity index (χ0n) is 3.30. The lowest BCUT2D eigenvalue weighted by atomic mass is 10.6. The van der Waals surface area contributed by atoms with E-state index in [1.165, 1.54) is 0 Å². The lowest BCUT2D eigenvalue weighted by Gasteiger charge is -1.91. The Balaban J connectivity index is 0. The fourth-order valence-corrected chi connectivity index (χ4v) is 0. The molecule has 0 nitrogen and oxygen atoms in total. The molecule has 0 aliphatic rings. The minimum absolute atomic E-state index is 0. The highest BCUT2D eigenvalue weighted by Crippen LogP contribution is 2.13. The van der Waals surface area contributed by atoms with Gasteiger partial charge in [-0.1, -0.05) is 6.58 Å². The maximum Gasteiger partial charge on any atom is 0.409 e. The maximum atomic E-state index is 10.7. The third-order valence-electron chi connectivity index (χ3n) is 0.231. The van der Waals surface area contributed by atoms with Crippen molar-refractivity contribution in [3.63, 3.8) is 0 Å². The molecule has 0 aromatic carbocycles. The zero-order chi connectivity index (χ0) is 5.21. The SMILES string of the molecule is C=CC(F)(F)F.[F-]. The quantitative estimate of drug-likeness (QED) is 0.273. The van der Waals surface area contributed by atoms with Crippen LogP contribution in [0.15, 0.2) is 12.7 Å². The summed E-state index contributed by atoms with van der Waals surface area (Å²) in [6.07, 6.45) is -4.26. The van der Waals surface area contributed by atoms with Crippen molar-refractivity contribution in [2.75, 3.05) is 0 Å². The number of alkyl halides is 3. The van der Waals surface area contributed by atoms with Crippen LogP contribution in [-0.2, 0) is 0 Å². The van der Waals surface area contributed by atoms with Gasteiger partial charge < -0.3 is 4.70 Å². The van der Waals surface area contributed by atoms with Crippen LogP contribution in [0.5, 0.6) is 0 Å². The van der Waals surface area contributed by atoms with Crippen LogP contribution in [0.2, 0.25) is 0 Å². The molecule has 0 aliphatic carbocycles. The van der Waals surface area contributed by atoms with Crippen molar-refractivity contribution < 1.29 is 17.9 Å². The summed E-state index contributed by atoms with van der Waals surface area (Å²) in [5.41, 5.74) is 0. The van der Waals surface area contributed by atoms with Gasteiger partial charge in [0.25, 0.3) is 0 Å². The molecule has 0 heterocycles. The van der Waals surface area contributed by atoms with Crippen LogP contribution in [0.4, 0.5) is 13.2 Å². The molecule has 0 spiro atoms. The van der Waals surface area contributed by atoms with Crippen molar-refractivity contribution in [2.45, 2.75) is 6.18 Å². The number of halogens is 4. The highest BCUT2D eigenvalue weighted by Gasteiger charge is 2.19. The normalized spacial score (nSPS) is 9.57. The smallest absolute Gasteiger partial charge is 0.409 e. The van der Waals surface area contributed by atoms with Crippen molar-refractivity contribution >= 4 is 0 Å². The molecule has 7 heavy (non-hydrogen) atoms. The molecular formula is C3H3F4-. The van der Waals surface area contributed by atoms with Crippen LogP contribution >= 0.6 is 0 Å². The first kappa shape index (κ1) is 9.68. The van der Waals surface area contributed by atoms with E-state index in [1.807, 2.05) is 0 Å². The molecule has 0 unspecified atom stereocenters. The molecule has 0 radical (unpaired) electrons. The predicted molar refractivity (Wildman–Crippen MR) is 16.3 cm³/mol. The third-order valence-corrected chi connectivity index (χ3v) is 0.231. The van der Waals surface area contributed by atoms with E-state index in [4.69, 9.17) is 0 Å². The van der Waals surface area contributed by atoms with Crippen LogP contribution in [-0.4, -0.2) is 6.18 Å². The van der Waals surface area contributed by atoms with E-state index >= 15 is 0 Å². The van der Waals surface area contributed by atoms with Gasteiger partial charge in [0.05, 0.1) is 0 Å². The van der Waals surface area contributed by atoms with Crippen molar-refractivity contribution in [1.29, 1.82) is 0 Å². The van der Waals surface area contributed by atoms with Crippen molar-refractivity contribution in [3.8, 4) is 0 Å². The largest absolute Gasteiger partial charge is 1.00 e. The van der Waals surface area contributed by atoms with Crippen LogP contribution in [0.25, 0.3) is 0 Å². The molecule has 0 bridgehead atoms. The molecule has 0 aliphatic heterocycles. The summed E-state index contributed by atoms with van der Waals surface area (Å²) in [4.78, 5) is 0. The lowest BCUT2D eigenvalue weighted by molar-refractivity contribution is -0.0795. The van der Waals surface area contributed by atoms with Crippen LogP contribution in [0.3, 0.4) is 0 Å². The summed E-state index contributed by atoms with van der Waals surface area (Å²) < 4.78 is 32.0. The van der Waals surface area contributed by atoms with Crippen molar-refractivity contribution in [2.24, 2.45) is 0 Å². The monoisotopic (exact) mass is 115 g/mol. The highest BCUT2D eigenvalue weighted by molar-refractivity contribution is 4.75. The molecule has 0 N–H and O–H groups in total. The van der Waals surface area contributed by atoms with E-state index in [-0.39, 0.29) is 10.8 Å². The summed E-state index contributed by atoms with van der Waals surface area (Å²) in [6, 6.07) is 0. The van der Waals surface area contributed by atoms with Gasteiger partial charge in [0, 0.05) is 6.08 Å². The molecule has 0 atom stereocenters. The Bertz CT molecular complexity index is 52.4. The Morgan fingerprint density at radius 1 is 1.29 bits per heavy atom. The summed E-state index contributed by atoms with van der Waals surface area (Å²) in [5, 5.41) is 0. The Labute approximate surface area is 38.0 Å². The Morgan fingerprint density at radius 2 is 1.43 bits per heavy atom. The van der Waals surface area contributed by atoms with Gasteiger partial charge in [-0.15, -0.1) is 0 Å². The van der Waals surface area contributed by atoms with Crippen molar-refractivity contribution in [1.82, 2.24) is 0 Å². The van der Waals surface area contributed by atoms with E-state index in [1.54, 1.807) is 0 Å². The highest BCUT2D eigenvalue weighted by atomic mass is 19.4. The van der Waals surface area contributed by atoms with E-state index < -0.39 is 6.18 Å². The van der Waals surface area contributed by atoms with Crippen molar-refractivity contribution in [3.05, 3.63) is 12.7 Å². The second-order valence-corrected chi connectivity index (χ2v) is 0.746. The van der Waals surface area contributed by atoms with Crippen LogP contribution in [0, 0.1) is 0 Å². The Hall–Kier alpha value is -0.540. The molecule has 0 fully saturated rings. The third kappa shape index (κ3) is 10.8. The Morgan fingerprint density at radius 3 is 1.43 bits per heavy atom. The second-order valence-electron chi connectivity index (χ2n) is 0.746. The Kier molecular flexibility index (Phi) is 3.60. The average molecular weight is 115 g/mol. The summed E-state index contributed by atoms with van der Waals surface area (Å²) in [6.45, 7) is 2.51. The van der Waals surface area contributed by atoms with E-state index in [0.29, 0.717) is 0 Å². The molecule has 0 amide bonds. The van der Waals surface area contributed by atoms with Gasteiger partial charge in [-0.2, -0.15) is 13.2 Å². The number of allylic oxidation sites excluding steroid dienone is 1. The molecular weight excluding hydrogens is 112 g/mol. The van der Waals surface area contributed by atoms with Gasteiger partial charge in [0.1, 0.15) is 0 Å². The van der Waals surface area contributed by atoms with E-state index in [9.17, 15) is 13.2 Å².